The number of nitrogens with one attached hydrogen (secondary N) is 1. The molecule has 1 amide bonds. The fourth-order valence-corrected chi connectivity index (χ4v) is 2.75. The second-order valence-corrected chi connectivity index (χ2v) is 6.08. The SMILES string of the molecule is CC(O)C1CCN(C(C)C(=O)Nc2ccc(Cl)cn2)CC1. The van der Waals surface area contributed by atoms with Crippen molar-refractivity contribution in [1.82, 2.24) is 9.88 Å². The largest absolute Gasteiger partial charge is 0.393 e. The molecule has 0 bridgehead atoms. The summed E-state index contributed by atoms with van der Waals surface area (Å²) in [6.07, 6.45) is 3.09. The summed E-state index contributed by atoms with van der Waals surface area (Å²) in [6, 6.07) is 3.17. The van der Waals surface area contributed by atoms with Crippen molar-refractivity contribution >= 4 is 23.3 Å². The topological polar surface area (TPSA) is 65.5 Å². The lowest BCUT2D eigenvalue weighted by atomic mass is 9.91. The molecule has 2 unspecified atom stereocenters. The molecular formula is C15H22ClN3O2. The van der Waals surface area contributed by atoms with E-state index >= 15 is 0 Å². The Hall–Kier alpha value is -1.17. The van der Waals surface area contributed by atoms with E-state index in [1.54, 1.807) is 12.1 Å². The summed E-state index contributed by atoms with van der Waals surface area (Å²) >= 11 is 5.77. The highest BCUT2D eigenvalue weighted by atomic mass is 35.5. The van der Waals surface area contributed by atoms with Crippen molar-refractivity contribution < 1.29 is 9.90 Å². The second-order valence-electron chi connectivity index (χ2n) is 5.64. The van der Waals surface area contributed by atoms with Crippen LogP contribution in [0.4, 0.5) is 5.82 Å². The minimum absolute atomic E-state index is 0.0691. The van der Waals surface area contributed by atoms with Crippen molar-refractivity contribution in [3.05, 3.63) is 23.4 Å². The highest BCUT2D eigenvalue weighted by Crippen LogP contribution is 2.22. The van der Waals surface area contributed by atoms with Crippen molar-refractivity contribution in [2.75, 3.05) is 18.4 Å². The number of halogens is 1. The summed E-state index contributed by atoms with van der Waals surface area (Å²) in [7, 11) is 0. The van der Waals surface area contributed by atoms with Crippen molar-refractivity contribution in [3.8, 4) is 0 Å². The number of piperidine rings is 1. The smallest absolute Gasteiger partial charge is 0.242 e. The average molecular weight is 312 g/mol. The number of pyridine rings is 1. The molecule has 2 heterocycles. The molecule has 1 aliphatic heterocycles. The van der Waals surface area contributed by atoms with Crippen LogP contribution in [0.25, 0.3) is 0 Å². The monoisotopic (exact) mass is 311 g/mol. The Morgan fingerprint density at radius 1 is 1.43 bits per heavy atom. The van der Waals surface area contributed by atoms with Crippen LogP contribution in [0.15, 0.2) is 18.3 Å². The van der Waals surface area contributed by atoms with E-state index in [0.29, 0.717) is 16.8 Å². The van der Waals surface area contributed by atoms with Gasteiger partial charge in [-0.1, -0.05) is 11.6 Å². The first-order valence-corrected chi connectivity index (χ1v) is 7.69. The molecule has 0 radical (unpaired) electrons. The molecule has 0 aromatic carbocycles. The Morgan fingerprint density at radius 2 is 2.10 bits per heavy atom. The van der Waals surface area contributed by atoms with Gasteiger partial charge in [0.15, 0.2) is 0 Å². The summed E-state index contributed by atoms with van der Waals surface area (Å²) in [5.74, 6) is 0.782. The van der Waals surface area contributed by atoms with Gasteiger partial charge < -0.3 is 10.4 Å². The lowest BCUT2D eigenvalue weighted by Gasteiger charge is -2.36. The first-order chi connectivity index (χ1) is 9.97. The van der Waals surface area contributed by atoms with Crippen LogP contribution in [-0.2, 0) is 4.79 Å². The molecule has 21 heavy (non-hydrogen) atoms. The predicted molar refractivity (Wildman–Crippen MR) is 83.3 cm³/mol. The molecule has 6 heteroatoms. The molecule has 116 valence electrons. The van der Waals surface area contributed by atoms with Crippen LogP contribution in [0.1, 0.15) is 26.7 Å². The number of amides is 1. The van der Waals surface area contributed by atoms with Crippen LogP contribution in [0.2, 0.25) is 5.02 Å². The number of aliphatic hydroxyl groups excluding tert-OH is 1. The van der Waals surface area contributed by atoms with Crippen molar-refractivity contribution in [1.29, 1.82) is 0 Å². The second kappa shape index (κ2) is 7.20. The predicted octanol–water partition coefficient (Wildman–Crippen LogP) is 2.15. The molecule has 1 aliphatic rings. The molecule has 2 N–H and O–H groups in total. The summed E-state index contributed by atoms with van der Waals surface area (Å²) in [4.78, 5) is 18.4. The maximum absolute atomic E-state index is 12.2. The van der Waals surface area contributed by atoms with Gasteiger partial charge in [-0.25, -0.2) is 4.98 Å². The number of likely N-dealkylation sites (tertiary alicyclic amines) is 1. The van der Waals surface area contributed by atoms with E-state index in [1.807, 2.05) is 13.8 Å². The zero-order valence-corrected chi connectivity index (χ0v) is 13.2. The molecule has 1 aromatic rings. The van der Waals surface area contributed by atoms with E-state index < -0.39 is 0 Å². The van der Waals surface area contributed by atoms with Gasteiger partial charge >= 0.3 is 0 Å². The maximum Gasteiger partial charge on any atom is 0.242 e. The van der Waals surface area contributed by atoms with E-state index in [1.165, 1.54) is 6.20 Å². The highest BCUT2D eigenvalue weighted by Gasteiger charge is 2.28. The Kier molecular flexibility index (Phi) is 5.56. The Balaban J connectivity index is 1.87. The number of hydrogen-bond donors (Lipinski definition) is 2. The van der Waals surface area contributed by atoms with Crippen LogP contribution >= 0.6 is 11.6 Å². The van der Waals surface area contributed by atoms with E-state index in [9.17, 15) is 9.90 Å². The number of aliphatic hydroxyl groups is 1. The van der Waals surface area contributed by atoms with Crippen LogP contribution < -0.4 is 5.32 Å². The molecule has 2 rings (SSSR count). The van der Waals surface area contributed by atoms with Crippen molar-refractivity contribution in [2.45, 2.75) is 38.8 Å². The molecule has 5 nitrogen and oxygen atoms in total. The molecular weight excluding hydrogens is 290 g/mol. The maximum atomic E-state index is 12.2. The Bertz CT molecular complexity index is 470. The number of anilines is 1. The summed E-state index contributed by atoms with van der Waals surface area (Å²) in [5.41, 5.74) is 0. The molecule has 1 aromatic heterocycles. The number of rotatable bonds is 4. The minimum Gasteiger partial charge on any atom is -0.393 e. The fourth-order valence-electron chi connectivity index (χ4n) is 2.64. The molecule has 1 fully saturated rings. The first kappa shape index (κ1) is 16.2. The lowest BCUT2D eigenvalue weighted by molar-refractivity contribution is -0.121. The number of carbonyl (C=O) groups excluding carboxylic acids is 1. The van der Waals surface area contributed by atoms with Gasteiger partial charge in [-0.15, -0.1) is 0 Å². The standard InChI is InChI=1S/C15H22ClN3O2/c1-10(19-7-5-12(6-8-19)11(2)20)15(21)18-14-4-3-13(16)9-17-14/h3-4,9-12,20H,5-8H2,1-2H3,(H,17,18,21). The summed E-state index contributed by atoms with van der Waals surface area (Å²) in [6.45, 7) is 5.40. The zero-order chi connectivity index (χ0) is 15.4. The molecule has 1 saturated heterocycles. The van der Waals surface area contributed by atoms with Gasteiger partial charge in [-0.2, -0.15) is 0 Å². The number of carbonyl (C=O) groups is 1. The lowest BCUT2D eigenvalue weighted by Crippen LogP contribution is -2.47. The zero-order valence-electron chi connectivity index (χ0n) is 12.4. The summed E-state index contributed by atoms with van der Waals surface area (Å²) in [5, 5.41) is 13.0. The number of hydrogen-bond acceptors (Lipinski definition) is 4. The van der Waals surface area contributed by atoms with Gasteiger partial charge in [-0.3, -0.25) is 9.69 Å². The van der Waals surface area contributed by atoms with Gasteiger partial charge in [0, 0.05) is 6.20 Å². The van der Waals surface area contributed by atoms with Gasteiger partial charge in [0.05, 0.1) is 17.2 Å². The Morgan fingerprint density at radius 3 is 2.62 bits per heavy atom. The number of nitrogens with zero attached hydrogens (tertiary/aromatic N) is 2. The van der Waals surface area contributed by atoms with Crippen LogP contribution in [0.3, 0.4) is 0 Å². The van der Waals surface area contributed by atoms with Crippen LogP contribution in [0.5, 0.6) is 0 Å². The third-order valence-corrected chi connectivity index (χ3v) is 4.39. The number of aromatic nitrogens is 1. The third kappa shape index (κ3) is 4.40. The fraction of sp³-hybridized carbons (Fsp3) is 0.600. The van der Waals surface area contributed by atoms with E-state index in [-0.39, 0.29) is 18.1 Å². The van der Waals surface area contributed by atoms with Crippen molar-refractivity contribution in [3.63, 3.8) is 0 Å². The minimum atomic E-state index is -0.269. The van der Waals surface area contributed by atoms with Gasteiger partial charge in [0.25, 0.3) is 0 Å². The van der Waals surface area contributed by atoms with Gasteiger partial charge in [0.2, 0.25) is 5.91 Å². The first-order valence-electron chi connectivity index (χ1n) is 7.32. The highest BCUT2D eigenvalue weighted by molar-refractivity contribution is 6.30. The molecule has 2 atom stereocenters. The van der Waals surface area contributed by atoms with E-state index in [0.717, 1.165) is 25.9 Å². The van der Waals surface area contributed by atoms with Crippen LogP contribution in [0, 0.1) is 5.92 Å². The Labute approximate surface area is 130 Å². The van der Waals surface area contributed by atoms with Crippen molar-refractivity contribution in [2.24, 2.45) is 5.92 Å². The molecule has 0 aliphatic carbocycles. The third-order valence-electron chi connectivity index (χ3n) is 4.16. The average Bonchev–Trinajstić information content (AvgIpc) is 2.49. The van der Waals surface area contributed by atoms with Gasteiger partial charge in [0.1, 0.15) is 5.82 Å². The van der Waals surface area contributed by atoms with E-state index in [2.05, 4.69) is 15.2 Å². The van der Waals surface area contributed by atoms with E-state index in [4.69, 9.17) is 11.6 Å². The quantitative estimate of drug-likeness (QED) is 0.894. The normalized spacial score (nSPS) is 20.0. The molecule has 0 spiro atoms. The van der Waals surface area contributed by atoms with Crippen LogP contribution in [-0.4, -0.2) is 46.1 Å². The van der Waals surface area contributed by atoms with Gasteiger partial charge in [-0.05, 0) is 57.8 Å². The summed E-state index contributed by atoms with van der Waals surface area (Å²) < 4.78 is 0. The molecule has 0 saturated carbocycles.